The van der Waals surface area contributed by atoms with E-state index in [2.05, 4.69) is 14.7 Å². The highest BCUT2D eigenvalue weighted by atomic mass is 19.4. The maximum atomic E-state index is 13.0. The Bertz CT molecular complexity index is 1210. The van der Waals surface area contributed by atoms with Crippen LogP contribution in [0, 0.1) is 0 Å². The molecule has 2 saturated heterocycles. The summed E-state index contributed by atoms with van der Waals surface area (Å²) >= 11 is 0. The predicted octanol–water partition coefficient (Wildman–Crippen LogP) is 4.70. The van der Waals surface area contributed by atoms with Crippen molar-refractivity contribution < 1.29 is 27.4 Å². The number of hydrogen-bond acceptors (Lipinski definition) is 6. The van der Waals surface area contributed by atoms with Crippen molar-refractivity contribution in [1.82, 2.24) is 19.9 Å². The fourth-order valence-corrected chi connectivity index (χ4v) is 4.88. The summed E-state index contributed by atoms with van der Waals surface area (Å²) in [7, 11) is 0. The molecule has 35 heavy (non-hydrogen) atoms. The summed E-state index contributed by atoms with van der Waals surface area (Å²) in [6.07, 6.45) is 1.46. The summed E-state index contributed by atoms with van der Waals surface area (Å²) < 4.78 is 47.1. The molecule has 8 nitrogen and oxygen atoms in total. The zero-order valence-electron chi connectivity index (χ0n) is 19.0. The second-order valence-electron chi connectivity index (χ2n) is 8.94. The highest BCUT2D eigenvalue weighted by molar-refractivity contribution is 5.99. The van der Waals surface area contributed by atoms with Gasteiger partial charge in [-0.2, -0.15) is 0 Å². The normalized spacial score (nSPS) is 19.7. The van der Waals surface area contributed by atoms with Gasteiger partial charge in [-0.05, 0) is 61.8 Å². The van der Waals surface area contributed by atoms with Gasteiger partial charge in [0.25, 0.3) is 5.91 Å². The van der Waals surface area contributed by atoms with Crippen LogP contribution >= 0.6 is 0 Å². The van der Waals surface area contributed by atoms with Gasteiger partial charge in [0.05, 0.1) is 5.56 Å². The number of rotatable bonds is 4. The van der Waals surface area contributed by atoms with E-state index in [-0.39, 0.29) is 29.2 Å². The molecule has 186 valence electrons. The van der Waals surface area contributed by atoms with Gasteiger partial charge in [0.15, 0.2) is 5.65 Å². The summed E-state index contributed by atoms with van der Waals surface area (Å²) in [6.45, 7) is 1.73. The van der Waals surface area contributed by atoms with Gasteiger partial charge in [-0.25, -0.2) is 9.97 Å². The van der Waals surface area contributed by atoms with Crippen LogP contribution in [0.3, 0.4) is 0 Å². The quantitative estimate of drug-likeness (QED) is 0.515. The Hall–Kier alpha value is -3.34. The van der Waals surface area contributed by atoms with Gasteiger partial charge in [0.1, 0.15) is 23.2 Å². The smallest absolute Gasteiger partial charge is 0.406 e. The Labute approximate surface area is 199 Å². The zero-order valence-corrected chi connectivity index (χ0v) is 19.0. The maximum Gasteiger partial charge on any atom is 0.573 e. The van der Waals surface area contributed by atoms with Crippen LogP contribution in [0.1, 0.15) is 65.9 Å². The number of H-pyrrole nitrogens is 1. The second kappa shape index (κ2) is 9.37. The van der Waals surface area contributed by atoms with E-state index in [0.717, 1.165) is 73.4 Å². The lowest BCUT2D eigenvalue weighted by atomic mass is 9.89. The van der Waals surface area contributed by atoms with Crippen molar-refractivity contribution in [2.75, 3.05) is 25.4 Å². The molecular formula is C24H26F3N5O3. The number of nitrogens with zero attached hydrogens (tertiary/aromatic N) is 3. The molecule has 1 atom stereocenters. The molecule has 11 heteroatoms. The number of fused-ring (bicyclic) bond motifs is 1. The molecule has 2 fully saturated rings. The van der Waals surface area contributed by atoms with Crippen LogP contribution in [-0.4, -0.2) is 51.8 Å². The van der Waals surface area contributed by atoms with E-state index in [1.807, 2.05) is 6.07 Å². The molecular weight excluding hydrogens is 463 g/mol. The summed E-state index contributed by atoms with van der Waals surface area (Å²) in [6, 6.07) is 5.37. The number of halogens is 3. The van der Waals surface area contributed by atoms with Crippen LogP contribution in [0.15, 0.2) is 30.5 Å². The molecule has 4 heterocycles. The van der Waals surface area contributed by atoms with Crippen LogP contribution < -0.4 is 10.5 Å². The van der Waals surface area contributed by atoms with E-state index in [9.17, 15) is 18.0 Å². The first kappa shape index (κ1) is 23.4. The standard InChI is InChI=1S/C24H26F3N5O3/c25-24(26,27)35-15-4-5-17(18(28)13-15)23(33)32-10-7-14(8-11-32)16-6-9-29-22-20(16)30-21(31-22)19-3-1-2-12-34-19/h4-6,9,13-14,19H,1-3,7-8,10-12,28H2,(H,29,30,31)/t19-/m0/s1. The van der Waals surface area contributed by atoms with Gasteiger partial charge in [-0.15, -0.1) is 13.2 Å². The van der Waals surface area contributed by atoms with Crippen LogP contribution in [0.2, 0.25) is 0 Å². The number of benzene rings is 1. The zero-order chi connectivity index (χ0) is 24.6. The average Bonchev–Trinajstić information content (AvgIpc) is 3.28. The first-order chi connectivity index (χ1) is 16.8. The van der Waals surface area contributed by atoms with Gasteiger partial charge < -0.3 is 25.1 Å². The van der Waals surface area contributed by atoms with E-state index in [1.54, 1.807) is 11.1 Å². The van der Waals surface area contributed by atoms with E-state index >= 15 is 0 Å². The van der Waals surface area contributed by atoms with Crippen molar-refractivity contribution in [1.29, 1.82) is 0 Å². The number of likely N-dealkylation sites (tertiary alicyclic amines) is 1. The number of aromatic nitrogens is 3. The molecule has 2 aromatic heterocycles. The van der Waals surface area contributed by atoms with E-state index in [0.29, 0.717) is 13.1 Å². The number of piperidine rings is 1. The largest absolute Gasteiger partial charge is 0.573 e. The first-order valence-electron chi connectivity index (χ1n) is 11.7. The molecule has 0 radical (unpaired) electrons. The molecule has 0 spiro atoms. The molecule has 3 N–H and O–H groups in total. The minimum atomic E-state index is -4.82. The lowest BCUT2D eigenvalue weighted by Crippen LogP contribution is -2.38. The van der Waals surface area contributed by atoms with Crippen LogP contribution in [0.5, 0.6) is 5.75 Å². The second-order valence-corrected chi connectivity index (χ2v) is 8.94. The fourth-order valence-electron chi connectivity index (χ4n) is 4.88. The highest BCUT2D eigenvalue weighted by Crippen LogP contribution is 2.35. The third kappa shape index (κ3) is 5.04. The van der Waals surface area contributed by atoms with E-state index in [1.165, 1.54) is 6.07 Å². The Kier molecular flexibility index (Phi) is 6.26. The summed E-state index contributed by atoms with van der Waals surface area (Å²) in [5.41, 5.74) is 8.64. The molecule has 5 rings (SSSR count). The highest BCUT2D eigenvalue weighted by Gasteiger charge is 2.32. The van der Waals surface area contributed by atoms with Crippen molar-refractivity contribution >= 4 is 22.8 Å². The Morgan fingerprint density at radius 3 is 2.66 bits per heavy atom. The van der Waals surface area contributed by atoms with Gasteiger partial charge in [-0.3, -0.25) is 4.79 Å². The van der Waals surface area contributed by atoms with Crippen LogP contribution in [0.4, 0.5) is 18.9 Å². The lowest BCUT2D eigenvalue weighted by molar-refractivity contribution is -0.274. The fraction of sp³-hybridized carbons (Fsp3) is 0.458. The molecule has 1 amide bonds. The van der Waals surface area contributed by atoms with Crippen molar-refractivity contribution in [2.45, 2.75) is 50.5 Å². The third-order valence-electron chi connectivity index (χ3n) is 6.63. The SMILES string of the molecule is Nc1cc(OC(F)(F)F)ccc1C(=O)N1CCC(c2ccnc3[nH]c([C@@H]4CCCCO4)nc23)CC1. The molecule has 0 aliphatic carbocycles. The lowest BCUT2D eigenvalue weighted by Gasteiger charge is -2.32. The molecule has 2 aliphatic heterocycles. The number of carbonyl (C=O) groups is 1. The average molecular weight is 489 g/mol. The van der Waals surface area contributed by atoms with Gasteiger partial charge in [-0.1, -0.05) is 0 Å². The molecule has 0 bridgehead atoms. The monoisotopic (exact) mass is 489 g/mol. The number of alkyl halides is 3. The van der Waals surface area contributed by atoms with Crippen LogP contribution in [0.25, 0.3) is 11.2 Å². The predicted molar refractivity (Wildman–Crippen MR) is 122 cm³/mol. The number of amides is 1. The number of hydrogen-bond donors (Lipinski definition) is 2. The van der Waals surface area contributed by atoms with Crippen LogP contribution in [-0.2, 0) is 4.74 Å². The van der Waals surface area contributed by atoms with E-state index < -0.39 is 12.1 Å². The Balaban J connectivity index is 1.27. The number of anilines is 1. The number of nitrogens with one attached hydrogen (secondary N) is 1. The van der Waals surface area contributed by atoms with Crippen molar-refractivity contribution in [2.24, 2.45) is 0 Å². The Morgan fingerprint density at radius 2 is 1.97 bits per heavy atom. The summed E-state index contributed by atoms with van der Waals surface area (Å²) in [5.74, 6) is 0.244. The molecule has 0 saturated carbocycles. The number of carbonyl (C=O) groups excluding carboxylic acids is 1. The molecule has 2 aliphatic rings. The van der Waals surface area contributed by atoms with Crippen molar-refractivity contribution in [3.05, 3.63) is 47.4 Å². The first-order valence-corrected chi connectivity index (χ1v) is 11.7. The van der Waals surface area contributed by atoms with Gasteiger partial charge in [0.2, 0.25) is 0 Å². The topological polar surface area (TPSA) is 106 Å². The molecule has 1 aromatic carbocycles. The summed E-state index contributed by atoms with van der Waals surface area (Å²) in [5, 5.41) is 0. The van der Waals surface area contributed by atoms with Gasteiger partial charge in [0, 0.05) is 37.6 Å². The van der Waals surface area contributed by atoms with Crippen molar-refractivity contribution in [3.63, 3.8) is 0 Å². The number of pyridine rings is 1. The molecule has 3 aromatic rings. The Morgan fingerprint density at radius 1 is 1.17 bits per heavy atom. The maximum absolute atomic E-state index is 13.0. The van der Waals surface area contributed by atoms with E-state index in [4.69, 9.17) is 15.5 Å². The van der Waals surface area contributed by atoms with Gasteiger partial charge >= 0.3 is 6.36 Å². The third-order valence-corrected chi connectivity index (χ3v) is 6.63. The number of aromatic amines is 1. The number of imidazole rings is 1. The summed E-state index contributed by atoms with van der Waals surface area (Å²) in [4.78, 5) is 27.2. The number of nitrogen functional groups attached to an aromatic ring is 1. The minimum Gasteiger partial charge on any atom is -0.406 e. The number of nitrogens with two attached hydrogens (primary N) is 1. The minimum absolute atomic E-state index is 0.0383. The molecule has 0 unspecified atom stereocenters. The number of ether oxygens (including phenoxy) is 2. The van der Waals surface area contributed by atoms with Crippen molar-refractivity contribution in [3.8, 4) is 5.75 Å².